The van der Waals surface area contributed by atoms with Gasteiger partial charge in [-0.2, -0.15) is 0 Å². The number of carbonyl (C=O) groups excluding carboxylic acids is 17. The van der Waals surface area contributed by atoms with E-state index in [1.165, 1.54) is 45.9 Å². The normalized spacial score (nSPS) is 24.5. The van der Waals surface area contributed by atoms with Gasteiger partial charge in [-0.1, -0.05) is 88.1 Å². The number of nitrogens with zero attached hydrogens (tertiary/aromatic N) is 6. The number of aromatic amines is 1. The zero-order valence-corrected chi connectivity index (χ0v) is 78.8. The van der Waals surface area contributed by atoms with Gasteiger partial charge in [0.15, 0.2) is 0 Å². The predicted molar refractivity (Wildman–Crippen MR) is 500 cm³/mol. The number of aliphatic hydroxyl groups is 1. The summed E-state index contributed by atoms with van der Waals surface area (Å²) < 4.78 is 6.74. The number of aliphatic hydroxyl groups excluding tert-OH is 1. The number of amides is 17. The third kappa shape index (κ3) is 30.6. The fraction of sp³-hybridized carbons (Fsp3) is 0.549. The van der Waals surface area contributed by atoms with Gasteiger partial charge in [-0.3, -0.25) is 91.1 Å². The second kappa shape index (κ2) is 52.7. The summed E-state index contributed by atoms with van der Waals surface area (Å²) in [5.41, 5.74) is 31.8. The summed E-state index contributed by atoms with van der Waals surface area (Å²) in [6.07, 6.45) is -0.585. The van der Waals surface area contributed by atoms with Crippen LogP contribution in [0.4, 0.5) is 0 Å². The molecule has 3 aliphatic heterocycles. The minimum absolute atomic E-state index is 0.0339. The molecule has 0 unspecified atom stereocenters. The highest BCUT2D eigenvalue weighted by Gasteiger charge is 2.47. The fourth-order valence-corrected chi connectivity index (χ4v) is 17.7. The van der Waals surface area contributed by atoms with Crippen LogP contribution >= 0.6 is 11.8 Å². The van der Waals surface area contributed by atoms with Gasteiger partial charge in [0.25, 0.3) is 0 Å². The molecule has 8 rings (SSSR count). The number of nitrogens with one attached hydrogen (secondary N) is 11. The number of primary amides is 2. The number of thioether (sulfide) groups is 1. The Morgan fingerprint density at radius 2 is 1.09 bits per heavy atom. The number of H-pyrrole nitrogens is 1. The summed E-state index contributed by atoms with van der Waals surface area (Å²) in [4.78, 5) is 283. The Morgan fingerprint density at radius 3 is 1.74 bits per heavy atom. The molecule has 0 aliphatic carbocycles. The van der Waals surface area contributed by atoms with Gasteiger partial charge in [-0.15, -0.1) is 11.8 Å². The van der Waals surface area contributed by atoms with Crippen LogP contribution in [0.5, 0.6) is 5.75 Å². The number of carboxylic acids is 2. The zero-order chi connectivity index (χ0) is 101. The first-order chi connectivity index (χ1) is 65.3. The fourth-order valence-electron chi connectivity index (χ4n) is 16.8. The van der Waals surface area contributed by atoms with Crippen molar-refractivity contribution in [1.82, 2.24) is 87.2 Å². The van der Waals surface area contributed by atoms with Crippen LogP contribution in [-0.2, 0) is 117 Å². The molecule has 3 fully saturated rings. The number of hydrogen-bond acceptors (Lipinski definition) is 25. The third-order valence-corrected chi connectivity index (χ3v) is 25.5. The van der Waals surface area contributed by atoms with Crippen molar-refractivity contribution in [1.29, 1.82) is 0 Å². The summed E-state index contributed by atoms with van der Waals surface area (Å²) in [6, 6.07) is -2.55. The van der Waals surface area contributed by atoms with Crippen molar-refractivity contribution in [2.75, 3.05) is 79.0 Å². The second-order valence-electron chi connectivity index (χ2n) is 34.4. The van der Waals surface area contributed by atoms with E-state index in [4.69, 9.17) is 33.4 Å². The number of rotatable bonds is 30. The Bertz CT molecular complexity index is 5150. The first kappa shape index (κ1) is 109. The highest BCUT2D eigenvalue weighted by molar-refractivity contribution is 8.00. The van der Waals surface area contributed by atoms with Crippen LogP contribution in [0.1, 0.15) is 140 Å². The molecule has 2 aromatic heterocycles. The van der Waals surface area contributed by atoms with Crippen LogP contribution in [0.25, 0.3) is 21.8 Å². The Hall–Kier alpha value is -13.3. The molecule has 24 N–H and O–H groups in total. The van der Waals surface area contributed by atoms with Crippen molar-refractivity contribution >= 4 is 146 Å². The van der Waals surface area contributed by atoms with Gasteiger partial charge >= 0.3 is 11.9 Å². The van der Waals surface area contributed by atoms with Crippen LogP contribution in [0.15, 0.2) is 85.2 Å². The summed E-state index contributed by atoms with van der Waals surface area (Å²) in [6.45, 7) is 2.13. The van der Waals surface area contributed by atoms with Crippen LogP contribution in [-0.4, -0.2) is 331 Å². The summed E-state index contributed by atoms with van der Waals surface area (Å²) in [5.74, 6) is -20.1. The summed E-state index contributed by atoms with van der Waals surface area (Å²) in [7, 11) is 5.19. The first-order valence-electron chi connectivity index (χ1n) is 45.8. The van der Waals surface area contributed by atoms with Crippen molar-refractivity contribution in [3.05, 3.63) is 102 Å². The van der Waals surface area contributed by atoms with Gasteiger partial charge in [0.2, 0.25) is 100 Å². The topological polar surface area (TPSA) is 682 Å². The molecular formula is C91H130N22O23S. The molecule has 0 saturated carbocycles. The number of para-hydroxylation sites is 2. The van der Waals surface area contributed by atoms with Crippen LogP contribution < -0.4 is 86.6 Å². The van der Waals surface area contributed by atoms with Crippen molar-refractivity contribution in [3.8, 4) is 5.75 Å². The molecule has 5 aromatic rings. The molecule has 5 heterocycles. The van der Waals surface area contributed by atoms with E-state index < -0.39 is 273 Å². The number of methoxy groups -OCH3 is 1. The molecule has 3 saturated heterocycles. The average molecular weight is 1930 g/mol. The molecule has 17 amide bonds. The number of fused-ring (bicyclic) bond motifs is 4. The lowest BCUT2D eigenvalue weighted by Gasteiger charge is -2.36. The molecule has 0 bridgehead atoms. The maximum absolute atomic E-state index is 16.0. The van der Waals surface area contributed by atoms with E-state index in [-0.39, 0.29) is 90.3 Å². The highest BCUT2D eigenvalue weighted by Crippen LogP contribution is 2.29. The number of likely N-dealkylation sites (N-methyl/N-ethyl adjacent to an activating group) is 3. The van der Waals surface area contributed by atoms with E-state index in [9.17, 15) is 72.9 Å². The van der Waals surface area contributed by atoms with Crippen molar-refractivity contribution in [2.24, 2.45) is 28.7 Å². The van der Waals surface area contributed by atoms with E-state index >= 15 is 33.6 Å². The van der Waals surface area contributed by atoms with Crippen LogP contribution in [0.3, 0.4) is 0 Å². The second-order valence-corrected chi connectivity index (χ2v) is 35.5. The zero-order valence-electron chi connectivity index (χ0n) is 78.0. The van der Waals surface area contributed by atoms with Crippen molar-refractivity contribution in [2.45, 2.75) is 240 Å². The monoisotopic (exact) mass is 1930 g/mol. The minimum atomic E-state index is -1.81. The van der Waals surface area contributed by atoms with E-state index in [2.05, 4.69) is 58.2 Å². The minimum Gasteiger partial charge on any atom is -0.497 e. The SMILES string of the molecule is CCCC[C@H]1C(=O)N(C)[C@@H](CCCC)C(=O)N[C@@H](CCC(=O)O)C(=O)N[C@H](C(=O)NCC(N)=O)CSCC(=O)N[C@@H](Cc2ccc(OC)cc2)C(=O)N(C)[C@@H](C)C(=O)N[C@H](CC(N)=O)C(=O)N2CCC[C@H]2C(=O)N[C@@H](CN)C(=O)N[C@@H](CCCCN)C(=O)N2C[C@H](O)C[C@H]2C(=O)N[C@@H](Cc2c[nH]c3ccccc23)C(=O)N[C@@H](CCN)C(=O)N[C@@H](Cc2cn(CC(=O)O)c3ccccc23)C(=O)N1C. The lowest BCUT2D eigenvalue weighted by molar-refractivity contribution is -0.149. The number of carboxylic acid groups (broad SMARTS) is 2. The van der Waals surface area contributed by atoms with Crippen molar-refractivity contribution in [3.63, 3.8) is 0 Å². The largest absolute Gasteiger partial charge is 0.497 e. The van der Waals surface area contributed by atoms with E-state index in [0.717, 1.165) is 24.5 Å². The highest BCUT2D eigenvalue weighted by atomic mass is 32.2. The Labute approximate surface area is 795 Å². The Balaban J connectivity index is 1.22. The standard InChI is InChI=1S/C91H130N22O23S/c1-8-10-23-69-84(128)101-59(31-32-76(118)119)80(124)107-67(79(123)98-44-74(96)116)48-137-49-75(117)99-63(37-51-27-29-55(136-7)30-28-51)87(131)108(4)50(3)78(122)104-65(41-73(95)115)90(134)112-36-18-26-70(112)85(129)106-66(42-94)83(127)102-61(22-16-17-34-92)89(133)113-46-54(114)40-72(113)86(130)103-62(38-52-43-97-58-21-14-12-19-56(52)58)82(126)100-60(33-35-93)81(125)105-64(88(132)110(6)71(24-11-9-2)91(135)109(69)5)39-53-45-111(47-77(120)121)68-25-15-13-20-57(53)68/h12-15,19-21,25,27-30,43,45,50,54,59-67,69-72,97,114H,8-11,16-18,22-24,26,31-42,44,46-49,92-94H2,1-7H3,(H2,95,115)(H2,96,116)(H,98,123)(H,99,117)(H,100,126)(H,101,128)(H,102,127)(H,103,130)(H,104,122)(H,105,125)(H,106,129)(H,107,124)(H,118,119)(H,120,121)/t50-,54+,59-,60-,61-,62-,63-,64-,65+,66-,67-,69-,70-,71-,72-/m0/s1. The number of unbranched alkanes of at least 4 members (excludes halogenated alkanes) is 3. The number of aliphatic carboxylic acids is 2. The van der Waals surface area contributed by atoms with Gasteiger partial charge in [-0.25, -0.2) is 0 Å². The number of aromatic nitrogens is 2. The Morgan fingerprint density at radius 1 is 0.526 bits per heavy atom. The van der Waals surface area contributed by atoms with Gasteiger partial charge < -0.3 is 136 Å². The molecule has 46 heteroatoms. The molecule has 748 valence electrons. The maximum atomic E-state index is 16.0. The number of ether oxygens (including phenoxy) is 1. The summed E-state index contributed by atoms with van der Waals surface area (Å²) in [5, 5.41) is 58.7. The smallest absolute Gasteiger partial charge is 0.323 e. The van der Waals surface area contributed by atoms with Gasteiger partial charge in [0.1, 0.15) is 96.9 Å². The molecule has 137 heavy (non-hydrogen) atoms. The number of nitrogens with two attached hydrogens (primary N) is 5. The molecule has 15 atom stereocenters. The first-order valence-corrected chi connectivity index (χ1v) is 46.9. The summed E-state index contributed by atoms with van der Waals surface area (Å²) >= 11 is 0.713. The van der Waals surface area contributed by atoms with Gasteiger partial charge in [0, 0.05) is 113 Å². The van der Waals surface area contributed by atoms with Crippen LogP contribution in [0.2, 0.25) is 0 Å². The van der Waals surface area contributed by atoms with Gasteiger partial charge in [-0.05, 0) is 119 Å². The number of benzene rings is 3. The average Bonchev–Trinajstić information content (AvgIpc) is 1.64. The molecule has 3 aliphatic rings. The van der Waals surface area contributed by atoms with E-state index in [1.54, 1.807) is 92.8 Å². The van der Waals surface area contributed by atoms with Gasteiger partial charge in [0.05, 0.1) is 31.9 Å². The molecule has 3 aromatic carbocycles. The molecule has 45 nitrogen and oxygen atoms in total. The maximum Gasteiger partial charge on any atom is 0.323 e. The van der Waals surface area contributed by atoms with E-state index in [0.29, 0.717) is 75.3 Å². The number of carbonyl (C=O) groups is 19. The van der Waals surface area contributed by atoms with Crippen molar-refractivity contribution < 1.29 is 111 Å². The molecule has 0 spiro atoms. The third-order valence-electron chi connectivity index (χ3n) is 24.5. The Kier molecular flexibility index (Phi) is 41.9. The molecular weight excluding hydrogens is 1800 g/mol. The quantitative estimate of drug-likeness (QED) is 0.0195. The lowest BCUT2D eigenvalue weighted by atomic mass is 9.99. The number of hydrogen-bond donors (Lipinski definition) is 19. The predicted octanol–water partition coefficient (Wildman–Crippen LogP) is -4.03. The van der Waals surface area contributed by atoms with Crippen LogP contribution in [0, 0.1) is 0 Å². The lowest BCUT2D eigenvalue weighted by Crippen LogP contribution is -2.61. The van der Waals surface area contributed by atoms with E-state index in [1.807, 2.05) is 0 Å². The molecule has 0 radical (unpaired) electrons.